The largest absolute Gasteiger partial charge is 0.481 e. The van der Waals surface area contributed by atoms with Gasteiger partial charge >= 0.3 is 5.97 Å². The number of carbonyl (C=O) groups is 3. The van der Waals surface area contributed by atoms with Gasteiger partial charge in [-0.15, -0.1) is 11.3 Å². The van der Waals surface area contributed by atoms with Crippen molar-refractivity contribution in [3.05, 3.63) is 74.1 Å². The summed E-state index contributed by atoms with van der Waals surface area (Å²) in [6, 6.07) is 11.2. The van der Waals surface area contributed by atoms with E-state index in [9.17, 15) is 14.4 Å². The van der Waals surface area contributed by atoms with E-state index in [2.05, 4.69) is 17.6 Å². The van der Waals surface area contributed by atoms with E-state index in [-0.39, 0.29) is 12.5 Å². The molecule has 10 heteroatoms. The van der Waals surface area contributed by atoms with Crippen LogP contribution in [0.2, 0.25) is 10.0 Å². The zero-order valence-corrected chi connectivity index (χ0v) is 23.6. The van der Waals surface area contributed by atoms with Crippen molar-refractivity contribution in [2.24, 2.45) is 5.92 Å². The minimum Gasteiger partial charge on any atom is -0.481 e. The lowest BCUT2D eigenvalue weighted by Gasteiger charge is -2.18. The fourth-order valence-corrected chi connectivity index (χ4v) is 5.93. The first-order valence-corrected chi connectivity index (χ1v) is 13.9. The van der Waals surface area contributed by atoms with Crippen molar-refractivity contribution in [1.82, 2.24) is 0 Å². The van der Waals surface area contributed by atoms with E-state index < -0.39 is 18.0 Å². The van der Waals surface area contributed by atoms with Crippen LogP contribution in [0.5, 0.6) is 5.75 Å². The van der Waals surface area contributed by atoms with Crippen LogP contribution in [0.3, 0.4) is 0 Å². The standard InChI is InChI=1S/C28H28Cl2N2O5S/c1-4-36-28(35)24-20-11-5-15(2)13-23(20)38-27(24)32-26(34)17-6-9-19(10-7-17)37-16(3)25(33)31-22-14-18(29)8-12-21(22)30/h6-10,12,14-16H,4-5,11,13H2,1-3H3,(H,31,33)(H,32,34)/t15-,16+/m0/s1. The summed E-state index contributed by atoms with van der Waals surface area (Å²) < 4.78 is 11.0. The number of rotatable bonds is 8. The second kappa shape index (κ2) is 12.2. The monoisotopic (exact) mass is 574 g/mol. The van der Waals surface area contributed by atoms with E-state index in [4.69, 9.17) is 32.7 Å². The molecule has 2 N–H and O–H groups in total. The van der Waals surface area contributed by atoms with Gasteiger partial charge in [0.2, 0.25) is 0 Å². The van der Waals surface area contributed by atoms with Gasteiger partial charge in [-0.05, 0) is 87.1 Å². The van der Waals surface area contributed by atoms with Crippen LogP contribution in [0.1, 0.15) is 58.3 Å². The number of hydrogen-bond donors (Lipinski definition) is 2. The lowest BCUT2D eigenvalue weighted by molar-refractivity contribution is -0.122. The molecule has 2 atom stereocenters. The van der Waals surface area contributed by atoms with Crippen molar-refractivity contribution >= 4 is 63.0 Å². The molecule has 0 saturated heterocycles. The number of fused-ring (bicyclic) bond motifs is 1. The van der Waals surface area contributed by atoms with Crippen molar-refractivity contribution in [2.45, 2.75) is 46.1 Å². The van der Waals surface area contributed by atoms with Crippen molar-refractivity contribution in [3.8, 4) is 5.75 Å². The van der Waals surface area contributed by atoms with Gasteiger partial charge in [0.25, 0.3) is 11.8 Å². The summed E-state index contributed by atoms with van der Waals surface area (Å²) in [4.78, 5) is 39.4. The van der Waals surface area contributed by atoms with Crippen LogP contribution in [0.4, 0.5) is 10.7 Å². The highest BCUT2D eigenvalue weighted by molar-refractivity contribution is 7.17. The van der Waals surface area contributed by atoms with Crippen LogP contribution in [0.25, 0.3) is 0 Å². The number of hydrogen-bond acceptors (Lipinski definition) is 6. The summed E-state index contributed by atoms with van der Waals surface area (Å²) in [6.07, 6.45) is 1.83. The average Bonchev–Trinajstić information content (AvgIpc) is 3.23. The van der Waals surface area contributed by atoms with Crippen LogP contribution in [0, 0.1) is 5.92 Å². The first kappa shape index (κ1) is 28.0. The minimum atomic E-state index is -0.836. The van der Waals surface area contributed by atoms with E-state index in [1.165, 1.54) is 11.3 Å². The van der Waals surface area contributed by atoms with Gasteiger partial charge in [-0.3, -0.25) is 9.59 Å². The Morgan fingerprint density at radius 3 is 2.55 bits per heavy atom. The molecule has 7 nitrogen and oxygen atoms in total. The van der Waals surface area contributed by atoms with E-state index in [0.29, 0.717) is 43.5 Å². The zero-order valence-electron chi connectivity index (χ0n) is 21.2. The highest BCUT2D eigenvalue weighted by Gasteiger charge is 2.29. The summed E-state index contributed by atoms with van der Waals surface area (Å²) >= 11 is 13.5. The third-order valence-electron chi connectivity index (χ3n) is 6.20. The maximum Gasteiger partial charge on any atom is 0.341 e. The van der Waals surface area contributed by atoms with Gasteiger partial charge in [0.05, 0.1) is 22.9 Å². The normalized spacial score (nSPS) is 15.2. The topological polar surface area (TPSA) is 93.7 Å². The molecule has 0 unspecified atom stereocenters. The minimum absolute atomic E-state index is 0.261. The predicted octanol–water partition coefficient (Wildman–Crippen LogP) is 7.01. The van der Waals surface area contributed by atoms with Gasteiger partial charge in [-0.2, -0.15) is 0 Å². The van der Waals surface area contributed by atoms with Gasteiger partial charge in [-0.1, -0.05) is 30.1 Å². The van der Waals surface area contributed by atoms with Gasteiger partial charge in [-0.25, -0.2) is 4.79 Å². The van der Waals surface area contributed by atoms with Crippen molar-refractivity contribution in [1.29, 1.82) is 0 Å². The van der Waals surface area contributed by atoms with Crippen LogP contribution in [-0.4, -0.2) is 30.5 Å². The number of ether oxygens (including phenoxy) is 2. The zero-order chi connectivity index (χ0) is 27.4. The van der Waals surface area contributed by atoms with E-state index >= 15 is 0 Å². The van der Waals surface area contributed by atoms with E-state index in [1.54, 1.807) is 56.3 Å². The fourth-order valence-electron chi connectivity index (χ4n) is 4.20. The number of carbonyl (C=O) groups excluding carboxylic acids is 3. The summed E-state index contributed by atoms with van der Waals surface area (Å²) in [5, 5.41) is 6.91. The number of esters is 1. The summed E-state index contributed by atoms with van der Waals surface area (Å²) in [5.74, 6) is -0.230. The molecule has 0 spiro atoms. The van der Waals surface area contributed by atoms with Crippen molar-refractivity contribution in [3.63, 3.8) is 0 Å². The second-order valence-electron chi connectivity index (χ2n) is 9.13. The third-order valence-corrected chi connectivity index (χ3v) is 7.94. The second-order valence-corrected chi connectivity index (χ2v) is 11.1. The lowest BCUT2D eigenvalue weighted by atomic mass is 9.88. The molecule has 1 aliphatic rings. The summed E-state index contributed by atoms with van der Waals surface area (Å²) in [7, 11) is 0. The van der Waals surface area contributed by atoms with Gasteiger partial charge in [0.15, 0.2) is 6.10 Å². The molecular weight excluding hydrogens is 547 g/mol. The molecule has 0 aliphatic heterocycles. The summed E-state index contributed by atoms with van der Waals surface area (Å²) in [6.45, 7) is 5.81. The number of benzene rings is 2. The molecule has 1 aliphatic carbocycles. The Bertz CT molecular complexity index is 1360. The molecule has 0 radical (unpaired) electrons. The molecule has 3 aromatic rings. The molecule has 1 aromatic heterocycles. The van der Waals surface area contributed by atoms with Crippen molar-refractivity contribution < 1.29 is 23.9 Å². The first-order valence-electron chi connectivity index (χ1n) is 12.3. The number of halogens is 2. The van der Waals surface area contributed by atoms with Gasteiger partial charge in [0.1, 0.15) is 10.8 Å². The highest BCUT2D eigenvalue weighted by Crippen LogP contribution is 2.40. The molecular formula is C28H28Cl2N2O5S. The third kappa shape index (κ3) is 6.49. The molecule has 0 fully saturated rings. The first-order chi connectivity index (χ1) is 18.2. The Kier molecular flexibility index (Phi) is 8.97. The molecule has 2 amide bonds. The van der Waals surface area contributed by atoms with Crippen molar-refractivity contribution in [2.75, 3.05) is 17.2 Å². The molecule has 38 heavy (non-hydrogen) atoms. The smallest absolute Gasteiger partial charge is 0.341 e. The Hall–Kier alpha value is -3.07. The van der Waals surface area contributed by atoms with Crippen LogP contribution < -0.4 is 15.4 Å². The number of amides is 2. The summed E-state index contributed by atoms with van der Waals surface area (Å²) in [5.41, 5.74) is 2.22. The lowest BCUT2D eigenvalue weighted by Crippen LogP contribution is -2.30. The quantitative estimate of drug-likeness (QED) is 0.282. The SMILES string of the molecule is CCOC(=O)c1c(NC(=O)c2ccc(O[C@H](C)C(=O)Nc3cc(Cl)ccc3Cl)cc2)sc2c1CC[C@H](C)C2. The highest BCUT2D eigenvalue weighted by atomic mass is 35.5. The Balaban J connectivity index is 1.43. The predicted molar refractivity (Wildman–Crippen MR) is 151 cm³/mol. The average molecular weight is 576 g/mol. The number of thiophene rings is 1. The van der Waals surface area contributed by atoms with E-state index in [1.807, 2.05) is 0 Å². The Morgan fingerprint density at radius 2 is 1.84 bits per heavy atom. The number of anilines is 2. The van der Waals surface area contributed by atoms with Crippen LogP contribution >= 0.6 is 34.5 Å². The molecule has 0 saturated carbocycles. The molecule has 4 rings (SSSR count). The molecule has 1 heterocycles. The van der Waals surface area contributed by atoms with Gasteiger partial charge in [0, 0.05) is 15.5 Å². The number of nitrogens with one attached hydrogen (secondary N) is 2. The molecule has 2 aromatic carbocycles. The maximum absolute atomic E-state index is 13.0. The Morgan fingerprint density at radius 1 is 1.11 bits per heavy atom. The van der Waals surface area contributed by atoms with Crippen LogP contribution in [0.15, 0.2) is 42.5 Å². The van der Waals surface area contributed by atoms with Crippen LogP contribution in [-0.2, 0) is 22.4 Å². The molecule has 0 bridgehead atoms. The van der Waals surface area contributed by atoms with Gasteiger partial charge < -0.3 is 20.1 Å². The van der Waals surface area contributed by atoms with E-state index in [0.717, 1.165) is 29.7 Å². The fraction of sp³-hybridized carbons (Fsp3) is 0.321. The maximum atomic E-state index is 13.0. The Labute approximate surface area is 235 Å². The molecule has 200 valence electrons.